The van der Waals surface area contributed by atoms with Gasteiger partial charge >= 0.3 is 0 Å². The van der Waals surface area contributed by atoms with Gasteiger partial charge < -0.3 is 14.4 Å². The summed E-state index contributed by atoms with van der Waals surface area (Å²) in [5, 5.41) is 0. The lowest BCUT2D eigenvalue weighted by molar-refractivity contribution is -0.137. The second kappa shape index (κ2) is 10.2. The summed E-state index contributed by atoms with van der Waals surface area (Å²) < 4.78 is 10.9. The van der Waals surface area contributed by atoms with E-state index in [1.165, 1.54) is 11.1 Å². The number of ether oxygens (including phenoxy) is 2. The van der Waals surface area contributed by atoms with Crippen LogP contribution in [0.15, 0.2) is 91.0 Å². The van der Waals surface area contributed by atoms with E-state index in [4.69, 9.17) is 9.47 Å². The zero-order chi connectivity index (χ0) is 22.3. The molecule has 0 saturated carbocycles. The van der Waals surface area contributed by atoms with E-state index in [1.807, 2.05) is 59.5 Å². The topological polar surface area (TPSA) is 38.8 Å². The van der Waals surface area contributed by atoms with E-state index < -0.39 is 0 Å². The highest BCUT2D eigenvalue weighted by molar-refractivity contribution is 5.83. The molecule has 164 valence electrons. The van der Waals surface area contributed by atoms with Gasteiger partial charge in [-0.2, -0.15) is 0 Å². The van der Waals surface area contributed by atoms with Gasteiger partial charge in [-0.05, 0) is 36.1 Å². The number of carbonyl (C=O) groups excluding carboxylic acids is 1. The largest absolute Gasteiger partial charge is 0.497 e. The van der Waals surface area contributed by atoms with Crippen molar-refractivity contribution < 1.29 is 14.3 Å². The fraction of sp³-hybridized carbons (Fsp3) is 0.250. The highest BCUT2D eigenvalue weighted by Gasteiger charge is 2.32. The number of carbonyl (C=O) groups is 1. The summed E-state index contributed by atoms with van der Waals surface area (Å²) in [6.45, 7) is 0.485. The fourth-order valence-corrected chi connectivity index (χ4v) is 4.24. The average Bonchev–Trinajstić information content (AvgIpc) is 2.84. The van der Waals surface area contributed by atoms with Crippen LogP contribution in [0.4, 0.5) is 0 Å². The molecule has 0 N–H and O–H groups in total. The molecule has 0 aliphatic carbocycles. The Kier molecular flexibility index (Phi) is 6.90. The van der Waals surface area contributed by atoms with E-state index in [0.717, 1.165) is 23.5 Å². The molecule has 0 unspecified atom stereocenters. The Bertz CT molecular complexity index is 1060. The summed E-state index contributed by atoms with van der Waals surface area (Å²) in [4.78, 5) is 15.7. The molecule has 2 atom stereocenters. The molecule has 0 radical (unpaired) electrons. The SMILES string of the molecule is COc1ccc(CN2C(=O)[C@H](Cc3ccccc3)C=C[C@H]2Cc2ccccc2)c(OC)c1. The smallest absolute Gasteiger partial charge is 0.230 e. The molecule has 32 heavy (non-hydrogen) atoms. The molecule has 1 amide bonds. The van der Waals surface area contributed by atoms with Gasteiger partial charge in [0.05, 0.1) is 26.2 Å². The standard InChI is InChI=1S/C28H29NO3/c1-31-26-16-14-24(27(19-26)32-2)20-29-25(18-22-11-7-4-8-12-22)15-13-23(28(29)30)17-21-9-5-3-6-10-21/h3-16,19,23,25H,17-18,20H2,1-2H3/t23-,25-/m0/s1. The van der Waals surface area contributed by atoms with Gasteiger partial charge in [0.1, 0.15) is 11.5 Å². The van der Waals surface area contributed by atoms with Gasteiger partial charge in [0, 0.05) is 18.2 Å². The first-order chi connectivity index (χ1) is 15.7. The summed E-state index contributed by atoms with van der Waals surface area (Å²) in [6.07, 6.45) is 5.76. The molecule has 4 nitrogen and oxygen atoms in total. The summed E-state index contributed by atoms with van der Waals surface area (Å²) in [6, 6.07) is 26.3. The predicted octanol–water partition coefficient (Wildman–Crippen LogP) is 5.07. The van der Waals surface area contributed by atoms with Crippen LogP contribution in [0.2, 0.25) is 0 Å². The van der Waals surface area contributed by atoms with Gasteiger partial charge in [0.2, 0.25) is 5.91 Å². The quantitative estimate of drug-likeness (QED) is 0.471. The molecule has 0 saturated heterocycles. The average molecular weight is 428 g/mol. The predicted molar refractivity (Wildman–Crippen MR) is 127 cm³/mol. The molecule has 0 aromatic heterocycles. The molecule has 3 aromatic carbocycles. The van der Waals surface area contributed by atoms with Gasteiger partial charge in [-0.1, -0.05) is 72.8 Å². The summed E-state index contributed by atoms with van der Waals surface area (Å²) in [5.41, 5.74) is 3.34. The molecular weight excluding hydrogens is 398 g/mol. The first-order valence-electron chi connectivity index (χ1n) is 11.0. The van der Waals surface area contributed by atoms with E-state index in [1.54, 1.807) is 14.2 Å². The summed E-state index contributed by atoms with van der Waals surface area (Å²) in [5.74, 6) is 1.44. The summed E-state index contributed by atoms with van der Waals surface area (Å²) in [7, 11) is 3.29. The molecule has 0 bridgehead atoms. The highest BCUT2D eigenvalue weighted by atomic mass is 16.5. The molecule has 3 aromatic rings. The van der Waals surface area contributed by atoms with E-state index >= 15 is 0 Å². The van der Waals surface area contributed by atoms with Crippen molar-refractivity contribution in [1.82, 2.24) is 4.90 Å². The molecule has 1 heterocycles. The van der Waals surface area contributed by atoms with Crippen molar-refractivity contribution in [2.45, 2.75) is 25.4 Å². The second-order valence-corrected chi connectivity index (χ2v) is 8.08. The normalized spacial score (nSPS) is 17.9. The number of amides is 1. The van der Waals surface area contributed by atoms with Crippen LogP contribution >= 0.6 is 0 Å². The zero-order valence-electron chi connectivity index (χ0n) is 18.6. The van der Waals surface area contributed by atoms with Gasteiger partial charge in [0.15, 0.2) is 0 Å². The molecule has 1 aliphatic heterocycles. The lowest BCUT2D eigenvalue weighted by atomic mass is 9.90. The number of nitrogens with zero attached hydrogens (tertiary/aromatic N) is 1. The van der Waals surface area contributed by atoms with Crippen LogP contribution in [-0.2, 0) is 24.2 Å². The van der Waals surface area contributed by atoms with Crippen molar-refractivity contribution in [3.05, 3.63) is 108 Å². The van der Waals surface area contributed by atoms with Gasteiger partial charge in [-0.25, -0.2) is 0 Å². The van der Waals surface area contributed by atoms with Gasteiger partial charge in [-0.15, -0.1) is 0 Å². The number of rotatable bonds is 8. The Labute approximate surface area is 190 Å². The Morgan fingerprint density at radius 2 is 1.44 bits per heavy atom. The molecular formula is C28H29NO3. The van der Waals surface area contributed by atoms with Gasteiger partial charge in [-0.3, -0.25) is 4.79 Å². The van der Waals surface area contributed by atoms with Crippen LogP contribution in [0.25, 0.3) is 0 Å². The van der Waals surface area contributed by atoms with E-state index in [0.29, 0.717) is 13.0 Å². The first kappa shape index (κ1) is 21.7. The third-order valence-electron chi connectivity index (χ3n) is 5.99. The van der Waals surface area contributed by atoms with Crippen molar-refractivity contribution in [2.75, 3.05) is 14.2 Å². The van der Waals surface area contributed by atoms with Crippen LogP contribution < -0.4 is 9.47 Å². The van der Waals surface area contributed by atoms with E-state index in [2.05, 4.69) is 36.4 Å². The number of hydrogen-bond donors (Lipinski definition) is 0. The van der Waals surface area contributed by atoms with E-state index in [-0.39, 0.29) is 17.9 Å². The third kappa shape index (κ3) is 5.02. The minimum Gasteiger partial charge on any atom is -0.497 e. The third-order valence-corrected chi connectivity index (χ3v) is 5.99. The van der Waals surface area contributed by atoms with Gasteiger partial charge in [0.25, 0.3) is 0 Å². The lowest BCUT2D eigenvalue weighted by Crippen LogP contribution is -2.46. The number of benzene rings is 3. The second-order valence-electron chi connectivity index (χ2n) is 8.08. The van der Waals surface area contributed by atoms with Crippen molar-refractivity contribution in [3.8, 4) is 11.5 Å². The molecule has 1 aliphatic rings. The Morgan fingerprint density at radius 3 is 2.06 bits per heavy atom. The zero-order valence-corrected chi connectivity index (χ0v) is 18.6. The molecule has 0 spiro atoms. The van der Waals surface area contributed by atoms with E-state index in [9.17, 15) is 4.79 Å². The summed E-state index contributed by atoms with van der Waals surface area (Å²) >= 11 is 0. The van der Waals surface area contributed by atoms with Crippen molar-refractivity contribution in [2.24, 2.45) is 5.92 Å². The van der Waals surface area contributed by atoms with Crippen LogP contribution in [0.1, 0.15) is 16.7 Å². The van der Waals surface area contributed by atoms with Crippen LogP contribution in [-0.4, -0.2) is 31.1 Å². The molecule has 0 fully saturated rings. The maximum Gasteiger partial charge on any atom is 0.230 e. The van der Waals surface area contributed by atoms with Crippen molar-refractivity contribution in [3.63, 3.8) is 0 Å². The Hall–Kier alpha value is -3.53. The lowest BCUT2D eigenvalue weighted by Gasteiger charge is -2.36. The Balaban J connectivity index is 1.62. The fourth-order valence-electron chi connectivity index (χ4n) is 4.24. The minimum absolute atomic E-state index is 0.0104. The highest BCUT2D eigenvalue weighted by Crippen LogP contribution is 2.30. The minimum atomic E-state index is -0.173. The maximum absolute atomic E-state index is 13.7. The van der Waals surface area contributed by atoms with Crippen LogP contribution in [0.3, 0.4) is 0 Å². The first-order valence-corrected chi connectivity index (χ1v) is 11.0. The number of hydrogen-bond acceptors (Lipinski definition) is 3. The van der Waals surface area contributed by atoms with Crippen molar-refractivity contribution >= 4 is 5.91 Å². The van der Waals surface area contributed by atoms with Crippen molar-refractivity contribution in [1.29, 1.82) is 0 Å². The Morgan fingerprint density at radius 1 is 0.781 bits per heavy atom. The monoisotopic (exact) mass is 427 g/mol. The maximum atomic E-state index is 13.7. The van der Waals surface area contributed by atoms with Crippen LogP contribution in [0.5, 0.6) is 11.5 Å². The van der Waals surface area contributed by atoms with Crippen LogP contribution in [0, 0.1) is 5.92 Å². The molecule has 4 heteroatoms. The number of methoxy groups -OCH3 is 2. The molecule has 4 rings (SSSR count).